The summed E-state index contributed by atoms with van der Waals surface area (Å²) in [6.45, 7) is 2.83. The van der Waals surface area contributed by atoms with E-state index in [4.69, 9.17) is 21.1 Å². The van der Waals surface area contributed by atoms with E-state index in [-0.39, 0.29) is 24.0 Å². The third-order valence-corrected chi connectivity index (χ3v) is 4.59. The van der Waals surface area contributed by atoms with Gasteiger partial charge in [0.25, 0.3) is 0 Å². The summed E-state index contributed by atoms with van der Waals surface area (Å²) in [7, 11) is 1.78. The fourth-order valence-corrected chi connectivity index (χ4v) is 3.15. The second-order valence-corrected chi connectivity index (χ2v) is 6.90. The number of benzene rings is 1. The van der Waals surface area contributed by atoms with Crippen molar-refractivity contribution in [2.75, 3.05) is 38.8 Å². The highest BCUT2D eigenvalue weighted by atomic mass is 127. The van der Waals surface area contributed by atoms with Gasteiger partial charge in [0.05, 0.1) is 18.2 Å². The Hall–Kier alpha value is -0.540. The topological polar surface area (TPSA) is 54.9 Å². The quantitative estimate of drug-likeness (QED) is 0.258. The lowest BCUT2D eigenvalue weighted by Gasteiger charge is -2.14. The van der Waals surface area contributed by atoms with Crippen molar-refractivity contribution in [3.05, 3.63) is 22.7 Å². The van der Waals surface area contributed by atoms with Crippen molar-refractivity contribution in [3.8, 4) is 11.5 Å². The highest BCUT2D eigenvalue weighted by Gasteiger charge is 2.15. The third kappa shape index (κ3) is 7.70. The first-order valence-electron chi connectivity index (χ1n) is 8.26. The molecule has 1 aromatic carbocycles. The van der Waals surface area contributed by atoms with Gasteiger partial charge in [-0.05, 0) is 42.5 Å². The predicted octanol–water partition coefficient (Wildman–Crippen LogP) is 3.93. The fourth-order valence-electron chi connectivity index (χ4n) is 2.37. The van der Waals surface area contributed by atoms with Gasteiger partial charge < -0.3 is 20.1 Å². The van der Waals surface area contributed by atoms with Crippen LogP contribution in [0, 0.1) is 0 Å². The number of halogens is 2. The van der Waals surface area contributed by atoms with Crippen molar-refractivity contribution < 1.29 is 9.47 Å². The molecule has 0 spiro atoms. The van der Waals surface area contributed by atoms with Crippen LogP contribution >= 0.6 is 47.3 Å². The molecule has 0 amide bonds. The first-order valence-corrected chi connectivity index (χ1v) is 10.0. The van der Waals surface area contributed by atoms with E-state index in [2.05, 4.69) is 21.9 Å². The average Bonchev–Trinajstić information content (AvgIpc) is 2.83. The van der Waals surface area contributed by atoms with Gasteiger partial charge in [-0.25, -0.2) is 0 Å². The van der Waals surface area contributed by atoms with Crippen molar-refractivity contribution in [1.82, 2.24) is 10.6 Å². The number of thioether (sulfide) groups is 1. The number of hydrogen-bond donors (Lipinski definition) is 2. The fraction of sp³-hybridized carbons (Fsp3) is 0.588. The Kier molecular flexibility index (Phi) is 11.5. The maximum absolute atomic E-state index is 6.32. The van der Waals surface area contributed by atoms with Crippen LogP contribution in [0.4, 0.5) is 0 Å². The molecule has 0 saturated heterocycles. The maximum Gasteiger partial charge on any atom is 0.191 e. The number of unbranched alkanes of at least 4 members (excludes halogenated alkanes) is 1. The van der Waals surface area contributed by atoms with Crippen LogP contribution < -0.4 is 20.1 Å². The second-order valence-electron chi connectivity index (χ2n) is 5.51. The van der Waals surface area contributed by atoms with E-state index < -0.39 is 0 Å². The molecule has 1 heterocycles. The Morgan fingerprint density at radius 3 is 2.80 bits per heavy atom. The molecule has 0 aromatic heterocycles. The Morgan fingerprint density at radius 1 is 1.24 bits per heavy atom. The predicted molar refractivity (Wildman–Crippen MR) is 118 cm³/mol. The van der Waals surface area contributed by atoms with Gasteiger partial charge in [-0.3, -0.25) is 4.99 Å². The molecule has 0 fully saturated rings. The summed E-state index contributed by atoms with van der Waals surface area (Å²) >= 11 is 8.20. The minimum Gasteiger partial charge on any atom is -0.489 e. The molecule has 2 N–H and O–H groups in total. The lowest BCUT2D eigenvalue weighted by atomic mass is 10.2. The van der Waals surface area contributed by atoms with E-state index in [9.17, 15) is 0 Å². The molecule has 0 atom stereocenters. The number of hydrogen-bond acceptors (Lipinski definition) is 4. The van der Waals surface area contributed by atoms with E-state index in [0.717, 1.165) is 36.7 Å². The Labute approximate surface area is 176 Å². The van der Waals surface area contributed by atoms with E-state index in [0.29, 0.717) is 30.5 Å². The van der Waals surface area contributed by atoms with Gasteiger partial charge in [-0.2, -0.15) is 11.8 Å². The van der Waals surface area contributed by atoms with Crippen molar-refractivity contribution in [2.45, 2.75) is 25.8 Å². The summed E-state index contributed by atoms with van der Waals surface area (Å²) in [4.78, 5) is 4.25. The number of nitrogens with zero attached hydrogens (tertiary/aromatic N) is 1. The van der Waals surface area contributed by atoms with E-state index in [1.54, 1.807) is 7.05 Å². The molecule has 5 nitrogen and oxygen atoms in total. The minimum atomic E-state index is 0. The lowest BCUT2D eigenvalue weighted by molar-refractivity contribution is 0.297. The molecule has 25 heavy (non-hydrogen) atoms. The van der Waals surface area contributed by atoms with Crippen LogP contribution in [0.1, 0.15) is 24.8 Å². The van der Waals surface area contributed by atoms with E-state index >= 15 is 0 Å². The minimum absolute atomic E-state index is 0. The van der Waals surface area contributed by atoms with Gasteiger partial charge >= 0.3 is 0 Å². The van der Waals surface area contributed by atoms with Crippen LogP contribution in [0.15, 0.2) is 17.1 Å². The second kappa shape index (κ2) is 12.8. The lowest BCUT2D eigenvalue weighted by Crippen LogP contribution is -2.37. The highest BCUT2D eigenvalue weighted by molar-refractivity contribution is 14.0. The third-order valence-electron chi connectivity index (χ3n) is 3.61. The molecule has 0 aliphatic carbocycles. The molecule has 1 aromatic rings. The summed E-state index contributed by atoms with van der Waals surface area (Å²) in [6.07, 6.45) is 5.35. The number of ether oxygens (including phenoxy) is 2. The van der Waals surface area contributed by atoms with Crippen molar-refractivity contribution in [2.24, 2.45) is 4.99 Å². The van der Waals surface area contributed by atoms with Gasteiger partial charge in [0.15, 0.2) is 17.5 Å². The van der Waals surface area contributed by atoms with E-state index in [1.807, 2.05) is 23.9 Å². The molecular weight excluding hydrogens is 473 g/mol. The van der Waals surface area contributed by atoms with E-state index in [1.165, 1.54) is 12.2 Å². The summed E-state index contributed by atoms with van der Waals surface area (Å²) in [5, 5.41) is 7.22. The molecule has 0 bridgehead atoms. The Bertz CT molecular complexity index is 561. The Balaban J connectivity index is 0.00000312. The first kappa shape index (κ1) is 22.5. The van der Waals surface area contributed by atoms with Gasteiger partial charge in [0.2, 0.25) is 0 Å². The van der Waals surface area contributed by atoms with Gasteiger partial charge in [-0.15, -0.1) is 24.0 Å². The zero-order chi connectivity index (χ0) is 17.2. The van der Waals surface area contributed by atoms with Crippen LogP contribution in [-0.4, -0.2) is 44.8 Å². The zero-order valence-corrected chi connectivity index (χ0v) is 18.7. The molecule has 2 rings (SSSR count). The molecule has 0 unspecified atom stereocenters. The maximum atomic E-state index is 6.32. The van der Waals surface area contributed by atoms with Crippen molar-refractivity contribution in [1.29, 1.82) is 0 Å². The van der Waals surface area contributed by atoms with Crippen LogP contribution in [0.5, 0.6) is 11.5 Å². The van der Waals surface area contributed by atoms with Crippen LogP contribution in [0.25, 0.3) is 0 Å². The average molecular weight is 500 g/mol. The molecule has 8 heteroatoms. The molecule has 142 valence electrons. The monoisotopic (exact) mass is 499 g/mol. The first-order chi connectivity index (χ1) is 11.7. The molecule has 1 aliphatic rings. The number of rotatable bonds is 7. The van der Waals surface area contributed by atoms with Crippen LogP contribution in [0.3, 0.4) is 0 Å². The standard InChI is InChI=1S/C17H26ClN3O2S.HI/c1-19-17(20-6-3-4-9-24-2)21-12-13-10-14(18)16-15(11-13)22-7-5-8-23-16;/h10-11H,3-9,12H2,1-2H3,(H2,19,20,21);1H. The summed E-state index contributed by atoms with van der Waals surface area (Å²) < 4.78 is 11.4. The number of fused-ring (bicyclic) bond motifs is 1. The van der Waals surface area contributed by atoms with Crippen molar-refractivity contribution >= 4 is 53.3 Å². The molecular formula is C17H27ClIN3O2S. The van der Waals surface area contributed by atoms with Gasteiger partial charge in [0.1, 0.15) is 0 Å². The highest BCUT2D eigenvalue weighted by Crippen LogP contribution is 2.37. The number of aliphatic imine (C=N–C) groups is 1. The number of guanidine groups is 1. The summed E-state index contributed by atoms with van der Waals surface area (Å²) in [6, 6.07) is 3.89. The summed E-state index contributed by atoms with van der Waals surface area (Å²) in [5.41, 5.74) is 1.04. The van der Waals surface area contributed by atoms with Gasteiger partial charge in [0, 0.05) is 26.6 Å². The summed E-state index contributed by atoms with van der Waals surface area (Å²) in [5.74, 6) is 3.36. The Morgan fingerprint density at radius 2 is 2.04 bits per heavy atom. The molecule has 1 aliphatic heterocycles. The SMILES string of the molecule is CN=C(NCCCCSC)NCc1cc(Cl)c2c(c1)OCCCO2.I. The largest absolute Gasteiger partial charge is 0.489 e. The van der Waals surface area contributed by atoms with Crippen LogP contribution in [0.2, 0.25) is 5.02 Å². The number of nitrogens with one attached hydrogen (secondary N) is 2. The zero-order valence-electron chi connectivity index (χ0n) is 14.8. The van der Waals surface area contributed by atoms with Crippen LogP contribution in [-0.2, 0) is 6.54 Å². The normalized spacial score (nSPS) is 13.6. The van der Waals surface area contributed by atoms with Crippen molar-refractivity contribution in [3.63, 3.8) is 0 Å². The van der Waals surface area contributed by atoms with Gasteiger partial charge in [-0.1, -0.05) is 11.6 Å². The molecule has 0 radical (unpaired) electrons. The molecule has 0 saturated carbocycles. The smallest absolute Gasteiger partial charge is 0.191 e.